The minimum absolute atomic E-state index is 0.0876. The number of carbonyl (C=O) groups is 2. The fourth-order valence-electron chi connectivity index (χ4n) is 2.57. The molecule has 2 N–H and O–H groups in total. The first-order chi connectivity index (χ1) is 9.97. The van der Waals surface area contributed by atoms with Gasteiger partial charge in [-0.25, -0.2) is 4.98 Å². The number of nitrogens with one attached hydrogen (secondary N) is 1. The van der Waals surface area contributed by atoms with Crippen LogP contribution in [0.2, 0.25) is 0 Å². The van der Waals surface area contributed by atoms with Crippen LogP contribution in [0, 0.1) is 12.8 Å². The van der Waals surface area contributed by atoms with Crippen molar-refractivity contribution in [3.05, 3.63) is 23.9 Å². The molecule has 114 valence electrons. The van der Waals surface area contributed by atoms with E-state index in [1.165, 1.54) is 0 Å². The summed E-state index contributed by atoms with van der Waals surface area (Å²) in [5.74, 6) is -0.585. The first kappa shape index (κ1) is 15.4. The van der Waals surface area contributed by atoms with E-state index in [0.29, 0.717) is 12.4 Å². The molecule has 0 aromatic carbocycles. The summed E-state index contributed by atoms with van der Waals surface area (Å²) in [6, 6.07) is 4.91. The van der Waals surface area contributed by atoms with Crippen molar-refractivity contribution < 1.29 is 14.7 Å². The molecule has 1 aromatic heterocycles. The van der Waals surface area contributed by atoms with Crippen molar-refractivity contribution in [2.45, 2.75) is 32.7 Å². The van der Waals surface area contributed by atoms with Crippen LogP contribution < -0.4 is 5.32 Å². The Kier molecular flexibility index (Phi) is 4.90. The predicted octanol–water partition coefficient (Wildman–Crippen LogP) is 1.51. The Morgan fingerprint density at radius 3 is 2.90 bits per heavy atom. The molecule has 1 aromatic rings. The standard InChI is InChI=1S/C15H21N3O3/c1-10-5-3-7-13(16-10)17-14(19)12-6-4-8-18(9-12)11(2)15(20)21/h3,5,7,11-12H,4,6,8-9H2,1-2H3,(H,20,21)(H,16,17,19)/t11-,12-/m0/s1. The number of pyridine rings is 1. The molecule has 1 saturated heterocycles. The van der Waals surface area contributed by atoms with Gasteiger partial charge in [0.05, 0.1) is 5.92 Å². The van der Waals surface area contributed by atoms with Crippen LogP contribution in [0.1, 0.15) is 25.5 Å². The Morgan fingerprint density at radius 2 is 2.24 bits per heavy atom. The number of anilines is 1. The van der Waals surface area contributed by atoms with Gasteiger partial charge in [-0.3, -0.25) is 14.5 Å². The van der Waals surface area contributed by atoms with Crippen molar-refractivity contribution in [3.63, 3.8) is 0 Å². The number of aliphatic carboxylic acids is 1. The topological polar surface area (TPSA) is 82.5 Å². The maximum absolute atomic E-state index is 12.3. The van der Waals surface area contributed by atoms with Gasteiger partial charge < -0.3 is 10.4 Å². The van der Waals surface area contributed by atoms with E-state index in [0.717, 1.165) is 25.1 Å². The van der Waals surface area contributed by atoms with Crippen molar-refractivity contribution in [2.75, 3.05) is 18.4 Å². The number of hydrogen-bond donors (Lipinski definition) is 2. The molecule has 0 radical (unpaired) electrons. The predicted molar refractivity (Wildman–Crippen MR) is 79.0 cm³/mol. The van der Waals surface area contributed by atoms with Gasteiger partial charge in [0.1, 0.15) is 11.9 Å². The summed E-state index contributed by atoms with van der Waals surface area (Å²) < 4.78 is 0. The lowest BCUT2D eigenvalue weighted by molar-refractivity contribution is -0.144. The highest BCUT2D eigenvalue weighted by molar-refractivity contribution is 5.92. The first-order valence-corrected chi connectivity index (χ1v) is 7.18. The molecule has 6 nitrogen and oxygen atoms in total. The van der Waals surface area contributed by atoms with E-state index >= 15 is 0 Å². The minimum atomic E-state index is -0.851. The molecule has 1 fully saturated rings. The van der Waals surface area contributed by atoms with Crippen molar-refractivity contribution >= 4 is 17.7 Å². The smallest absolute Gasteiger partial charge is 0.320 e. The van der Waals surface area contributed by atoms with Crippen LogP contribution in [0.4, 0.5) is 5.82 Å². The minimum Gasteiger partial charge on any atom is -0.480 e. The Labute approximate surface area is 124 Å². The highest BCUT2D eigenvalue weighted by Gasteiger charge is 2.30. The van der Waals surface area contributed by atoms with E-state index in [-0.39, 0.29) is 11.8 Å². The highest BCUT2D eigenvalue weighted by Crippen LogP contribution is 2.20. The fraction of sp³-hybridized carbons (Fsp3) is 0.533. The van der Waals surface area contributed by atoms with Gasteiger partial charge in [-0.2, -0.15) is 0 Å². The number of rotatable bonds is 4. The number of piperidine rings is 1. The van der Waals surface area contributed by atoms with Crippen LogP contribution in [0.5, 0.6) is 0 Å². The van der Waals surface area contributed by atoms with Gasteiger partial charge in [-0.1, -0.05) is 6.07 Å². The maximum atomic E-state index is 12.3. The van der Waals surface area contributed by atoms with Gasteiger partial charge in [-0.05, 0) is 45.4 Å². The van der Waals surface area contributed by atoms with Gasteiger partial charge in [0.2, 0.25) is 5.91 Å². The van der Waals surface area contributed by atoms with Gasteiger partial charge in [0.15, 0.2) is 0 Å². The molecule has 1 aliphatic heterocycles. The van der Waals surface area contributed by atoms with Crippen LogP contribution in [-0.4, -0.2) is 46.0 Å². The van der Waals surface area contributed by atoms with Crippen LogP contribution in [-0.2, 0) is 9.59 Å². The van der Waals surface area contributed by atoms with E-state index < -0.39 is 12.0 Å². The lowest BCUT2D eigenvalue weighted by Crippen LogP contribution is -2.47. The number of aromatic nitrogens is 1. The molecule has 6 heteroatoms. The molecule has 0 aliphatic carbocycles. The van der Waals surface area contributed by atoms with Gasteiger partial charge in [-0.15, -0.1) is 0 Å². The molecule has 0 spiro atoms. The Morgan fingerprint density at radius 1 is 1.48 bits per heavy atom. The zero-order chi connectivity index (χ0) is 15.4. The molecule has 0 unspecified atom stereocenters. The van der Waals surface area contributed by atoms with Gasteiger partial charge in [0, 0.05) is 12.2 Å². The third-order valence-electron chi connectivity index (χ3n) is 3.87. The number of hydrogen-bond acceptors (Lipinski definition) is 4. The average molecular weight is 291 g/mol. The molecule has 2 atom stereocenters. The van der Waals surface area contributed by atoms with Crippen molar-refractivity contribution in [2.24, 2.45) is 5.92 Å². The number of amides is 1. The number of carboxylic acids is 1. The number of aryl methyl sites for hydroxylation is 1. The molecule has 2 rings (SSSR count). The van der Waals surface area contributed by atoms with E-state index in [1.807, 2.05) is 24.0 Å². The molecular formula is C15H21N3O3. The summed E-state index contributed by atoms with van der Waals surface area (Å²) in [5, 5.41) is 11.9. The molecule has 0 saturated carbocycles. The van der Waals surface area contributed by atoms with E-state index in [1.54, 1.807) is 13.0 Å². The molecule has 1 aliphatic rings. The average Bonchev–Trinajstić information content (AvgIpc) is 2.46. The normalized spacial score (nSPS) is 20.8. The van der Waals surface area contributed by atoms with E-state index in [2.05, 4.69) is 10.3 Å². The fourth-order valence-corrected chi connectivity index (χ4v) is 2.57. The molecule has 0 bridgehead atoms. The van der Waals surface area contributed by atoms with Crippen LogP contribution in [0.3, 0.4) is 0 Å². The summed E-state index contributed by atoms with van der Waals surface area (Å²) >= 11 is 0. The second-order valence-electron chi connectivity index (χ2n) is 5.50. The Hall–Kier alpha value is -1.95. The summed E-state index contributed by atoms with van der Waals surface area (Å²) in [5.41, 5.74) is 0.845. The third kappa shape index (κ3) is 4.01. The maximum Gasteiger partial charge on any atom is 0.320 e. The Balaban J connectivity index is 1.97. The summed E-state index contributed by atoms with van der Waals surface area (Å²) in [4.78, 5) is 29.4. The van der Waals surface area contributed by atoms with E-state index in [4.69, 9.17) is 5.11 Å². The summed E-state index contributed by atoms with van der Waals surface area (Å²) in [6.07, 6.45) is 1.61. The lowest BCUT2D eigenvalue weighted by atomic mass is 9.96. The van der Waals surface area contributed by atoms with Crippen LogP contribution in [0.15, 0.2) is 18.2 Å². The first-order valence-electron chi connectivity index (χ1n) is 7.18. The van der Waals surface area contributed by atoms with Gasteiger partial charge >= 0.3 is 5.97 Å². The number of nitrogens with zero attached hydrogens (tertiary/aromatic N) is 2. The Bertz CT molecular complexity index is 533. The molecule has 1 amide bonds. The van der Waals surface area contributed by atoms with Crippen molar-refractivity contribution in [1.29, 1.82) is 0 Å². The molecular weight excluding hydrogens is 270 g/mol. The zero-order valence-electron chi connectivity index (χ0n) is 12.4. The van der Waals surface area contributed by atoms with Crippen LogP contribution >= 0.6 is 0 Å². The summed E-state index contributed by atoms with van der Waals surface area (Å²) in [7, 11) is 0. The largest absolute Gasteiger partial charge is 0.480 e. The SMILES string of the molecule is Cc1cccc(NC(=O)[C@H]2CCCN([C@@H](C)C(=O)O)C2)n1. The van der Waals surface area contributed by atoms with E-state index in [9.17, 15) is 9.59 Å². The second kappa shape index (κ2) is 6.67. The van der Waals surface area contributed by atoms with Crippen LogP contribution in [0.25, 0.3) is 0 Å². The number of carboxylic acid groups (broad SMARTS) is 1. The molecule has 21 heavy (non-hydrogen) atoms. The number of likely N-dealkylation sites (tertiary alicyclic amines) is 1. The monoisotopic (exact) mass is 291 g/mol. The third-order valence-corrected chi connectivity index (χ3v) is 3.87. The highest BCUT2D eigenvalue weighted by atomic mass is 16.4. The van der Waals surface area contributed by atoms with Crippen molar-refractivity contribution in [3.8, 4) is 0 Å². The van der Waals surface area contributed by atoms with Gasteiger partial charge in [0.25, 0.3) is 0 Å². The lowest BCUT2D eigenvalue weighted by Gasteiger charge is -2.34. The molecule has 2 heterocycles. The number of carbonyl (C=O) groups excluding carboxylic acids is 1. The second-order valence-corrected chi connectivity index (χ2v) is 5.50. The zero-order valence-corrected chi connectivity index (χ0v) is 12.4. The summed E-state index contributed by atoms with van der Waals surface area (Å²) in [6.45, 7) is 4.72. The van der Waals surface area contributed by atoms with Crippen molar-refractivity contribution in [1.82, 2.24) is 9.88 Å². The quantitative estimate of drug-likeness (QED) is 0.878.